The molecule has 0 radical (unpaired) electrons. The number of unbranched alkanes of at least 4 members (excludes halogenated alkanes) is 3. The molecule has 1 amide bonds. The number of nitrogens with two attached hydrogens (primary N) is 1. The van der Waals surface area contributed by atoms with Crippen LogP contribution in [-0.4, -0.2) is 43.0 Å². The van der Waals surface area contributed by atoms with Crippen LogP contribution in [-0.2, 0) is 4.79 Å². The van der Waals surface area contributed by atoms with Gasteiger partial charge in [0.2, 0.25) is 5.91 Å². The lowest BCUT2D eigenvalue weighted by Crippen LogP contribution is -2.43. The van der Waals surface area contributed by atoms with Gasteiger partial charge in [-0.3, -0.25) is 4.79 Å². The van der Waals surface area contributed by atoms with Gasteiger partial charge in [-0.15, -0.1) is 0 Å². The first-order valence-electron chi connectivity index (χ1n) is 8.39. The maximum Gasteiger partial charge on any atom is 0.220 e. The van der Waals surface area contributed by atoms with Crippen molar-refractivity contribution in [3.05, 3.63) is 0 Å². The second-order valence-electron chi connectivity index (χ2n) is 6.64. The molecule has 0 aromatic rings. The molecule has 0 saturated carbocycles. The third-order valence-electron chi connectivity index (χ3n) is 5.14. The normalized spacial score (nSPS) is 29.6. The Kier molecular flexibility index (Phi) is 6.30. The fourth-order valence-corrected chi connectivity index (χ4v) is 3.82. The molecule has 2 unspecified atom stereocenters. The van der Waals surface area contributed by atoms with Crippen molar-refractivity contribution >= 4 is 5.91 Å². The summed E-state index contributed by atoms with van der Waals surface area (Å²) in [6, 6.07) is 1.54. The van der Waals surface area contributed by atoms with Crippen molar-refractivity contribution in [1.29, 1.82) is 0 Å². The lowest BCUT2D eigenvalue weighted by atomic mass is 9.91. The molecule has 0 spiro atoms. The number of hydrogen-bond donors (Lipinski definition) is 2. The Balaban J connectivity index is 1.55. The molecule has 0 aliphatic carbocycles. The van der Waals surface area contributed by atoms with E-state index in [-0.39, 0.29) is 5.91 Å². The van der Waals surface area contributed by atoms with Gasteiger partial charge in [0.1, 0.15) is 0 Å². The third-order valence-corrected chi connectivity index (χ3v) is 5.14. The van der Waals surface area contributed by atoms with Gasteiger partial charge in [-0.1, -0.05) is 12.8 Å². The first-order valence-corrected chi connectivity index (χ1v) is 8.39. The van der Waals surface area contributed by atoms with Crippen molar-refractivity contribution in [2.75, 3.05) is 20.1 Å². The van der Waals surface area contributed by atoms with Gasteiger partial charge in [0, 0.05) is 25.0 Å². The van der Waals surface area contributed by atoms with Crippen LogP contribution in [0.1, 0.15) is 57.8 Å². The minimum Gasteiger partial charge on any atom is -0.356 e. The van der Waals surface area contributed by atoms with Crippen molar-refractivity contribution < 1.29 is 4.79 Å². The van der Waals surface area contributed by atoms with Gasteiger partial charge in [0.05, 0.1) is 0 Å². The molecule has 2 atom stereocenters. The lowest BCUT2D eigenvalue weighted by Gasteiger charge is -2.36. The van der Waals surface area contributed by atoms with Crippen molar-refractivity contribution in [3.63, 3.8) is 0 Å². The zero-order valence-electron chi connectivity index (χ0n) is 12.9. The summed E-state index contributed by atoms with van der Waals surface area (Å²) in [4.78, 5) is 14.4. The van der Waals surface area contributed by atoms with Crippen LogP contribution >= 0.6 is 0 Å². The van der Waals surface area contributed by atoms with Crippen molar-refractivity contribution in [1.82, 2.24) is 10.2 Å². The Bertz CT molecular complexity index is 294. The summed E-state index contributed by atoms with van der Waals surface area (Å²) in [5.41, 5.74) is 5.46. The summed E-state index contributed by atoms with van der Waals surface area (Å²) in [6.45, 7) is 1.66. The Hall–Kier alpha value is -0.610. The van der Waals surface area contributed by atoms with E-state index in [1.165, 1.54) is 25.7 Å². The molecule has 2 aliphatic heterocycles. The molecule has 2 saturated heterocycles. The minimum absolute atomic E-state index is 0.240. The van der Waals surface area contributed by atoms with E-state index in [0.717, 1.165) is 50.9 Å². The van der Waals surface area contributed by atoms with Crippen molar-refractivity contribution in [3.8, 4) is 0 Å². The van der Waals surface area contributed by atoms with Gasteiger partial charge in [-0.05, 0) is 58.0 Å². The molecule has 0 aromatic carbocycles. The summed E-state index contributed by atoms with van der Waals surface area (Å²) < 4.78 is 0. The number of carbonyl (C=O) groups is 1. The molecule has 2 heterocycles. The monoisotopic (exact) mass is 281 g/mol. The molecule has 2 fully saturated rings. The smallest absolute Gasteiger partial charge is 0.220 e. The first kappa shape index (κ1) is 15.8. The van der Waals surface area contributed by atoms with E-state index in [1.807, 2.05) is 0 Å². The van der Waals surface area contributed by atoms with Crippen LogP contribution < -0.4 is 11.1 Å². The number of carbonyl (C=O) groups excluding carboxylic acids is 1. The topological polar surface area (TPSA) is 58.4 Å². The fourth-order valence-electron chi connectivity index (χ4n) is 3.82. The van der Waals surface area contributed by atoms with E-state index in [2.05, 4.69) is 17.3 Å². The number of nitrogens with one attached hydrogen (secondary N) is 1. The van der Waals surface area contributed by atoms with Gasteiger partial charge in [-0.25, -0.2) is 0 Å². The molecular weight excluding hydrogens is 250 g/mol. The standard InChI is InChI=1S/C16H31N3O/c1-19-14-7-8-15(19)11-13(10-14)12-18-16(20)6-4-2-3-5-9-17/h13-15H,2-12,17H2,1H3,(H,18,20). The molecule has 2 rings (SSSR count). The minimum atomic E-state index is 0.240. The maximum atomic E-state index is 11.8. The van der Waals surface area contributed by atoms with Crippen molar-refractivity contribution in [2.24, 2.45) is 11.7 Å². The average molecular weight is 281 g/mol. The van der Waals surface area contributed by atoms with E-state index >= 15 is 0 Å². The zero-order valence-corrected chi connectivity index (χ0v) is 12.9. The average Bonchev–Trinajstić information content (AvgIpc) is 2.67. The first-order chi connectivity index (χ1) is 9.70. The Morgan fingerprint density at radius 2 is 1.80 bits per heavy atom. The summed E-state index contributed by atoms with van der Waals surface area (Å²) in [5.74, 6) is 0.939. The molecule has 0 aromatic heterocycles. The molecule has 20 heavy (non-hydrogen) atoms. The zero-order chi connectivity index (χ0) is 14.4. The highest BCUT2D eigenvalue weighted by molar-refractivity contribution is 5.75. The third kappa shape index (κ3) is 4.45. The number of fused-ring (bicyclic) bond motifs is 2. The molecule has 116 valence electrons. The predicted molar refractivity (Wildman–Crippen MR) is 82.4 cm³/mol. The van der Waals surface area contributed by atoms with E-state index in [1.54, 1.807) is 0 Å². The van der Waals surface area contributed by atoms with Crippen LogP contribution in [0.25, 0.3) is 0 Å². The van der Waals surface area contributed by atoms with E-state index < -0.39 is 0 Å². The van der Waals surface area contributed by atoms with Crippen LogP contribution in [0.3, 0.4) is 0 Å². The second-order valence-corrected chi connectivity index (χ2v) is 6.64. The van der Waals surface area contributed by atoms with Gasteiger partial charge in [0.15, 0.2) is 0 Å². The molecular formula is C16H31N3O. The summed E-state index contributed by atoms with van der Waals surface area (Å²) in [7, 11) is 2.26. The Morgan fingerprint density at radius 3 is 2.45 bits per heavy atom. The van der Waals surface area contributed by atoms with Gasteiger partial charge in [0.25, 0.3) is 0 Å². The van der Waals surface area contributed by atoms with E-state index in [4.69, 9.17) is 5.73 Å². The fraction of sp³-hybridized carbons (Fsp3) is 0.938. The summed E-state index contributed by atoms with van der Waals surface area (Å²) >= 11 is 0. The SMILES string of the molecule is CN1C2CCC1CC(CNC(=O)CCCCCCN)C2. The maximum absolute atomic E-state index is 11.8. The number of hydrogen-bond acceptors (Lipinski definition) is 3. The summed E-state index contributed by atoms with van der Waals surface area (Å²) in [6.07, 6.45) is 10.3. The molecule has 2 aliphatic rings. The Morgan fingerprint density at radius 1 is 1.15 bits per heavy atom. The van der Waals surface area contributed by atoms with Crippen LogP contribution in [0.2, 0.25) is 0 Å². The number of piperidine rings is 1. The number of rotatable bonds is 8. The largest absolute Gasteiger partial charge is 0.356 e. The lowest BCUT2D eigenvalue weighted by molar-refractivity contribution is -0.121. The van der Waals surface area contributed by atoms with Crippen LogP contribution in [0.15, 0.2) is 0 Å². The molecule has 2 bridgehead atoms. The highest BCUT2D eigenvalue weighted by Crippen LogP contribution is 2.36. The van der Waals surface area contributed by atoms with E-state index in [9.17, 15) is 4.79 Å². The van der Waals surface area contributed by atoms with Crippen molar-refractivity contribution in [2.45, 2.75) is 69.9 Å². The number of amides is 1. The summed E-state index contributed by atoms with van der Waals surface area (Å²) in [5, 5.41) is 3.14. The number of nitrogens with zero attached hydrogens (tertiary/aromatic N) is 1. The molecule has 4 nitrogen and oxygen atoms in total. The van der Waals surface area contributed by atoms with Gasteiger partial charge < -0.3 is 16.0 Å². The van der Waals surface area contributed by atoms with Gasteiger partial charge in [-0.2, -0.15) is 0 Å². The van der Waals surface area contributed by atoms with Gasteiger partial charge >= 0.3 is 0 Å². The van der Waals surface area contributed by atoms with Crippen LogP contribution in [0, 0.1) is 5.92 Å². The molecule has 3 N–H and O–H groups in total. The Labute approximate surface area is 123 Å². The quantitative estimate of drug-likeness (QED) is 0.668. The van der Waals surface area contributed by atoms with Crippen LogP contribution in [0.4, 0.5) is 0 Å². The highest BCUT2D eigenvalue weighted by Gasteiger charge is 2.38. The molecule has 4 heteroatoms. The highest BCUT2D eigenvalue weighted by atomic mass is 16.1. The van der Waals surface area contributed by atoms with Crippen LogP contribution in [0.5, 0.6) is 0 Å². The predicted octanol–water partition coefficient (Wildman–Crippen LogP) is 1.88. The second kappa shape index (κ2) is 7.99. The van der Waals surface area contributed by atoms with E-state index in [0.29, 0.717) is 12.3 Å².